The van der Waals surface area contributed by atoms with Crippen LogP contribution in [-0.2, 0) is 13.1 Å². The zero-order valence-electron chi connectivity index (χ0n) is 12.9. The minimum atomic E-state index is 0.637. The van der Waals surface area contributed by atoms with Gasteiger partial charge in [0.25, 0.3) is 0 Å². The van der Waals surface area contributed by atoms with E-state index in [1.165, 1.54) is 24.4 Å². The summed E-state index contributed by atoms with van der Waals surface area (Å²) in [5.41, 5.74) is 2.36. The van der Waals surface area contributed by atoms with Gasteiger partial charge >= 0.3 is 0 Å². The van der Waals surface area contributed by atoms with Gasteiger partial charge in [0.2, 0.25) is 0 Å². The van der Waals surface area contributed by atoms with Crippen LogP contribution in [0.15, 0.2) is 18.2 Å². The van der Waals surface area contributed by atoms with Crippen molar-refractivity contribution in [3.8, 4) is 0 Å². The molecule has 2 unspecified atom stereocenters. The van der Waals surface area contributed by atoms with Gasteiger partial charge in [-0.25, -0.2) is 0 Å². The summed E-state index contributed by atoms with van der Waals surface area (Å²) in [7, 11) is 0. The fourth-order valence-corrected chi connectivity index (χ4v) is 3.70. The van der Waals surface area contributed by atoms with E-state index in [9.17, 15) is 0 Å². The summed E-state index contributed by atoms with van der Waals surface area (Å²) >= 11 is 2.09. The minimum Gasteiger partial charge on any atom is -0.311 e. The largest absolute Gasteiger partial charge is 0.311 e. The van der Waals surface area contributed by atoms with E-state index < -0.39 is 0 Å². The van der Waals surface area contributed by atoms with Gasteiger partial charge in [-0.15, -0.1) is 0 Å². The number of hydrogen-bond donors (Lipinski definition) is 1. The van der Waals surface area contributed by atoms with Crippen LogP contribution in [0.4, 0.5) is 0 Å². The van der Waals surface area contributed by atoms with Gasteiger partial charge in [-0.1, -0.05) is 19.9 Å². The highest BCUT2D eigenvalue weighted by Gasteiger charge is 2.25. The molecule has 1 aromatic rings. The normalized spacial score (nSPS) is 23.9. The average Bonchev–Trinajstić information content (AvgIpc) is 2.45. The molecule has 1 aliphatic rings. The van der Waals surface area contributed by atoms with Crippen molar-refractivity contribution in [1.29, 1.82) is 0 Å². The molecule has 2 atom stereocenters. The van der Waals surface area contributed by atoms with Gasteiger partial charge in [0.05, 0.1) is 11.4 Å². The van der Waals surface area contributed by atoms with Crippen LogP contribution in [0.2, 0.25) is 0 Å². The Morgan fingerprint density at radius 2 is 2.15 bits per heavy atom. The highest BCUT2D eigenvalue weighted by Crippen LogP contribution is 2.25. The molecule has 1 fully saturated rings. The molecule has 3 nitrogen and oxygen atoms in total. The molecule has 1 aromatic heterocycles. The third kappa shape index (κ3) is 4.47. The second-order valence-corrected chi connectivity index (χ2v) is 7.07. The van der Waals surface area contributed by atoms with Crippen LogP contribution < -0.4 is 5.32 Å². The van der Waals surface area contributed by atoms with E-state index in [0.29, 0.717) is 6.04 Å². The molecule has 2 heterocycles. The number of nitrogens with one attached hydrogen (secondary N) is 1. The minimum absolute atomic E-state index is 0.637. The third-order valence-corrected chi connectivity index (χ3v) is 5.31. The molecule has 0 bridgehead atoms. The van der Waals surface area contributed by atoms with Crippen molar-refractivity contribution in [2.45, 2.75) is 51.6 Å². The van der Waals surface area contributed by atoms with Crippen LogP contribution >= 0.6 is 11.8 Å². The molecule has 0 saturated carbocycles. The van der Waals surface area contributed by atoms with Crippen LogP contribution in [0.5, 0.6) is 0 Å². The molecule has 20 heavy (non-hydrogen) atoms. The fraction of sp³-hybridized carbons (Fsp3) is 0.688. The summed E-state index contributed by atoms with van der Waals surface area (Å²) in [5.74, 6) is 1.24. The zero-order chi connectivity index (χ0) is 14.4. The van der Waals surface area contributed by atoms with E-state index in [-0.39, 0.29) is 0 Å². The molecular formula is C16H27N3S. The maximum absolute atomic E-state index is 4.79. The van der Waals surface area contributed by atoms with Crippen molar-refractivity contribution in [3.63, 3.8) is 0 Å². The summed E-state index contributed by atoms with van der Waals surface area (Å²) in [5, 5.41) is 4.14. The van der Waals surface area contributed by atoms with Crippen molar-refractivity contribution < 1.29 is 0 Å². The molecule has 0 amide bonds. The first-order chi connectivity index (χ1) is 9.70. The van der Waals surface area contributed by atoms with Gasteiger partial charge in [-0.05, 0) is 32.0 Å². The summed E-state index contributed by atoms with van der Waals surface area (Å²) in [6.45, 7) is 11.0. The quantitative estimate of drug-likeness (QED) is 0.816. The highest BCUT2D eigenvalue weighted by molar-refractivity contribution is 8.00. The standard InChI is InChI=1S/C16H27N3S/c1-4-8-17-11-15-6-5-7-16(18-15)12-19-9-10-20-14(3)13(19)2/h5-7,13-14,17H,4,8-12H2,1-3H3. The first-order valence-electron chi connectivity index (χ1n) is 7.72. The van der Waals surface area contributed by atoms with Crippen molar-refractivity contribution in [2.24, 2.45) is 0 Å². The van der Waals surface area contributed by atoms with Crippen LogP contribution in [0.1, 0.15) is 38.6 Å². The van der Waals surface area contributed by atoms with Gasteiger partial charge in [-0.3, -0.25) is 9.88 Å². The van der Waals surface area contributed by atoms with Crippen molar-refractivity contribution in [2.75, 3.05) is 18.8 Å². The van der Waals surface area contributed by atoms with E-state index in [2.05, 4.69) is 60.9 Å². The fourth-order valence-electron chi connectivity index (χ4n) is 2.54. The van der Waals surface area contributed by atoms with Gasteiger partial charge < -0.3 is 5.32 Å². The molecule has 112 valence electrons. The Hall–Kier alpha value is -0.580. The molecule has 2 rings (SSSR count). The number of thioether (sulfide) groups is 1. The van der Waals surface area contributed by atoms with Gasteiger partial charge in [0.15, 0.2) is 0 Å². The zero-order valence-corrected chi connectivity index (χ0v) is 13.7. The molecule has 0 aromatic carbocycles. The molecule has 0 spiro atoms. The van der Waals surface area contributed by atoms with Gasteiger partial charge in [-0.2, -0.15) is 11.8 Å². The summed E-state index contributed by atoms with van der Waals surface area (Å²) in [6.07, 6.45) is 1.17. The summed E-state index contributed by atoms with van der Waals surface area (Å²) in [4.78, 5) is 7.35. The Balaban J connectivity index is 1.93. The second kappa shape index (κ2) is 8.01. The molecule has 1 N–H and O–H groups in total. The van der Waals surface area contributed by atoms with E-state index >= 15 is 0 Å². The lowest BCUT2D eigenvalue weighted by atomic mass is 10.2. The number of nitrogens with zero attached hydrogens (tertiary/aromatic N) is 2. The molecule has 0 aliphatic carbocycles. The van der Waals surface area contributed by atoms with Gasteiger partial charge in [0, 0.05) is 36.7 Å². The molecule has 1 aliphatic heterocycles. The molecular weight excluding hydrogens is 266 g/mol. The Morgan fingerprint density at radius 3 is 2.95 bits per heavy atom. The van der Waals surface area contributed by atoms with Crippen LogP contribution in [0.25, 0.3) is 0 Å². The maximum atomic E-state index is 4.79. The number of aromatic nitrogens is 1. The SMILES string of the molecule is CCCNCc1cccc(CN2CCSC(C)C2C)n1. The Kier molecular flexibility index (Phi) is 6.33. The van der Waals surface area contributed by atoms with E-state index in [1.54, 1.807) is 0 Å². The molecule has 4 heteroatoms. The van der Waals surface area contributed by atoms with E-state index in [1.807, 2.05) is 0 Å². The van der Waals surface area contributed by atoms with Crippen molar-refractivity contribution in [3.05, 3.63) is 29.6 Å². The lowest BCUT2D eigenvalue weighted by molar-refractivity contribution is 0.202. The first-order valence-corrected chi connectivity index (χ1v) is 8.76. The summed E-state index contributed by atoms with van der Waals surface area (Å²) in [6, 6.07) is 7.04. The van der Waals surface area contributed by atoms with Crippen molar-refractivity contribution in [1.82, 2.24) is 15.2 Å². The maximum Gasteiger partial charge on any atom is 0.0547 e. The Morgan fingerprint density at radius 1 is 1.35 bits per heavy atom. The number of hydrogen-bond acceptors (Lipinski definition) is 4. The lowest BCUT2D eigenvalue weighted by Gasteiger charge is -2.37. The predicted molar refractivity (Wildman–Crippen MR) is 88.0 cm³/mol. The van der Waals surface area contributed by atoms with E-state index in [4.69, 9.17) is 4.98 Å². The topological polar surface area (TPSA) is 28.2 Å². The van der Waals surface area contributed by atoms with E-state index in [0.717, 1.165) is 30.6 Å². The smallest absolute Gasteiger partial charge is 0.0547 e. The number of pyridine rings is 1. The predicted octanol–water partition coefficient (Wildman–Crippen LogP) is 2.91. The number of rotatable bonds is 6. The first kappa shape index (κ1) is 15.8. The van der Waals surface area contributed by atoms with Crippen molar-refractivity contribution >= 4 is 11.8 Å². The van der Waals surface area contributed by atoms with Crippen LogP contribution in [0.3, 0.4) is 0 Å². The van der Waals surface area contributed by atoms with Crippen LogP contribution in [-0.4, -0.2) is 40.0 Å². The van der Waals surface area contributed by atoms with Crippen LogP contribution in [0, 0.1) is 0 Å². The molecule has 0 radical (unpaired) electrons. The lowest BCUT2D eigenvalue weighted by Crippen LogP contribution is -2.44. The monoisotopic (exact) mass is 293 g/mol. The highest BCUT2D eigenvalue weighted by atomic mass is 32.2. The Bertz CT molecular complexity index is 410. The molecule has 1 saturated heterocycles. The Labute approximate surface area is 127 Å². The van der Waals surface area contributed by atoms with Gasteiger partial charge in [0.1, 0.15) is 0 Å². The summed E-state index contributed by atoms with van der Waals surface area (Å²) < 4.78 is 0. The second-order valence-electron chi connectivity index (χ2n) is 5.58. The third-order valence-electron chi connectivity index (χ3n) is 3.98. The average molecular weight is 293 g/mol.